The summed E-state index contributed by atoms with van der Waals surface area (Å²) in [5.41, 5.74) is 4.50. The van der Waals surface area contributed by atoms with Crippen LogP contribution >= 0.6 is 0 Å². The van der Waals surface area contributed by atoms with Crippen LogP contribution in [0.1, 0.15) is 22.5 Å². The molecule has 0 radical (unpaired) electrons. The zero-order valence-electron chi connectivity index (χ0n) is 13.0. The number of hydrogen-bond donors (Lipinski definition) is 3. The van der Waals surface area contributed by atoms with E-state index in [1.807, 2.05) is 32.0 Å². The summed E-state index contributed by atoms with van der Waals surface area (Å²) in [5, 5.41) is 16.2. The fraction of sp³-hybridized carbons (Fsp3) is 0.333. The molecule has 3 amide bonds. The first kappa shape index (κ1) is 15.0. The van der Waals surface area contributed by atoms with Gasteiger partial charge in [-0.15, -0.1) is 5.10 Å². The van der Waals surface area contributed by atoms with Gasteiger partial charge in [-0.3, -0.25) is 4.79 Å². The summed E-state index contributed by atoms with van der Waals surface area (Å²) < 4.78 is 1.55. The number of fused-ring (bicyclic) bond motifs is 1. The highest BCUT2D eigenvalue weighted by Gasteiger charge is 2.20. The van der Waals surface area contributed by atoms with E-state index in [1.54, 1.807) is 4.68 Å². The maximum absolute atomic E-state index is 12.0. The number of amides is 3. The molecule has 0 spiro atoms. The molecule has 3 rings (SSSR count). The Labute approximate surface area is 133 Å². The third-order valence-electron chi connectivity index (χ3n) is 3.85. The molecule has 8 heteroatoms. The largest absolute Gasteiger partial charge is 0.349 e. The number of nitrogens with one attached hydrogen (secondary N) is 3. The van der Waals surface area contributed by atoms with E-state index in [-0.39, 0.29) is 25.0 Å². The van der Waals surface area contributed by atoms with Crippen LogP contribution in [0.3, 0.4) is 0 Å². The Morgan fingerprint density at radius 1 is 1.35 bits per heavy atom. The number of carbonyl (C=O) groups excluding carboxylic acids is 2. The second-order valence-corrected chi connectivity index (χ2v) is 5.52. The molecule has 0 fully saturated rings. The number of urea groups is 1. The molecule has 1 aliphatic heterocycles. The van der Waals surface area contributed by atoms with Gasteiger partial charge in [0.05, 0.1) is 18.8 Å². The Morgan fingerprint density at radius 3 is 2.96 bits per heavy atom. The zero-order valence-corrected chi connectivity index (χ0v) is 13.0. The molecule has 3 N–H and O–H groups in total. The first-order valence-electron chi connectivity index (χ1n) is 7.33. The van der Waals surface area contributed by atoms with Crippen LogP contribution in [-0.2, 0) is 24.4 Å². The highest BCUT2D eigenvalue weighted by molar-refractivity contribution is 5.89. The molecule has 8 nitrogen and oxygen atoms in total. The molecular formula is C15H18N6O2. The summed E-state index contributed by atoms with van der Waals surface area (Å²) in [6, 6.07) is 5.43. The lowest BCUT2D eigenvalue weighted by Gasteiger charge is -2.14. The average Bonchev–Trinajstić information content (AvgIpc) is 2.91. The van der Waals surface area contributed by atoms with Gasteiger partial charge in [-0.1, -0.05) is 11.3 Å². The Kier molecular flexibility index (Phi) is 3.96. The van der Waals surface area contributed by atoms with Crippen LogP contribution in [0, 0.1) is 13.8 Å². The number of anilines is 1. The monoisotopic (exact) mass is 314 g/mol. The third kappa shape index (κ3) is 3.31. The lowest BCUT2D eigenvalue weighted by molar-refractivity contribution is -0.122. The van der Waals surface area contributed by atoms with Gasteiger partial charge >= 0.3 is 6.03 Å². The number of aryl methyl sites for hydroxylation is 2. The van der Waals surface area contributed by atoms with Crippen LogP contribution in [0.5, 0.6) is 0 Å². The Morgan fingerprint density at radius 2 is 2.17 bits per heavy atom. The molecule has 2 heterocycles. The predicted molar refractivity (Wildman–Crippen MR) is 83.6 cm³/mol. The normalized spacial score (nSPS) is 13.2. The lowest BCUT2D eigenvalue weighted by atomic mass is 10.1. The maximum Gasteiger partial charge on any atom is 0.319 e. The zero-order chi connectivity index (χ0) is 16.4. The van der Waals surface area contributed by atoms with Crippen molar-refractivity contribution in [3.05, 3.63) is 40.7 Å². The second-order valence-electron chi connectivity index (χ2n) is 5.52. The van der Waals surface area contributed by atoms with Crippen molar-refractivity contribution in [2.24, 2.45) is 0 Å². The number of hydrogen-bond acceptors (Lipinski definition) is 4. The maximum atomic E-state index is 12.0. The summed E-state index contributed by atoms with van der Waals surface area (Å²) in [7, 11) is 0. The van der Waals surface area contributed by atoms with Gasteiger partial charge in [0.2, 0.25) is 5.91 Å². The minimum Gasteiger partial charge on any atom is -0.349 e. The SMILES string of the molecule is Cc1ccc(NC(=O)NCc2nnn3c2CNC(=O)C3)cc1C. The molecule has 120 valence electrons. The fourth-order valence-corrected chi connectivity index (χ4v) is 2.36. The van der Waals surface area contributed by atoms with E-state index in [9.17, 15) is 9.59 Å². The van der Waals surface area contributed by atoms with Crippen molar-refractivity contribution < 1.29 is 9.59 Å². The minimum atomic E-state index is -0.310. The molecule has 0 unspecified atom stereocenters. The Hall–Kier alpha value is -2.90. The highest BCUT2D eigenvalue weighted by atomic mass is 16.2. The average molecular weight is 314 g/mol. The van der Waals surface area contributed by atoms with Gasteiger partial charge < -0.3 is 16.0 Å². The van der Waals surface area contributed by atoms with Gasteiger partial charge in [0.1, 0.15) is 12.2 Å². The molecule has 0 saturated carbocycles. The Balaban J connectivity index is 1.59. The van der Waals surface area contributed by atoms with Crippen LogP contribution in [0.25, 0.3) is 0 Å². The van der Waals surface area contributed by atoms with Gasteiger partial charge in [-0.2, -0.15) is 0 Å². The van der Waals surface area contributed by atoms with E-state index >= 15 is 0 Å². The van der Waals surface area contributed by atoms with Crippen molar-refractivity contribution in [1.29, 1.82) is 0 Å². The van der Waals surface area contributed by atoms with Gasteiger partial charge in [-0.25, -0.2) is 9.48 Å². The molecule has 0 saturated heterocycles. The number of nitrogens with zero attached hydrogens (tertiary/aromatic N) is 3. The van der Waals surface area contributed by atoms with Gasteiger partial charge in [0.25, 0.3) is 0 Å². The smallest absolute Gasteiger partial charge is 0.319 e. The summed E-state index contributed by atoms with van der Waals surface area (Å²) in [6.07, 6.45) is 0. The molecule has 0 bridgehead atoms. The van der Waals surface area contributed by atoms with E-state index in [4.69, 9.17) is 0 Å². The van der Waals surface area contributed by atoms with Crippen LogP contribution in [0.15, 0.2) is 18.2 Å². The topological polar surface area (TPSA) is 101 Å². The lowest BCUT2D eigenvalue weighted by Crippen LogP contribution is -2.35. The van der Waals surface area contributed by atoms with Crippen LogP contribution in [0.2, 0.25) is 0 Å². The molecule has 1 aromatic heterocycles. The third-order valence-corrected chi connectivity index (χ3v) is 3.85. The molecule has 2 aromatic rings. The van der Waals surface area contributed by atoms with E-state index in [0.29, 0.717) is 12.2 Å². The summed E-state index contributed by atoms with van der Waals surface area (Å²) in [5.74, 6) is -0.0885. The molecule has 23 heavy (non-hydrogen) atoms. The van der Waals surface area contributed by atoms with E-state index < -0.39 is 0 Å². The first-order chi connectivity index (χ1) is 11.0. The van der Waals surface area contributed by atoms with Crippen molar-refractivity contribution in [2.45, 2.75) is 33.5 Å². The van der Waals surface area contributed by atoms with Gasteiger partial charge in [0, 0.05) is 5.69 Å². The van der Waals surface area contributed by atoms with Crippen molar-refractivity contribution in [2.75, 3.05) is 5.32 Å². The summed E-state index contributed by atoms with van der Waals surface area (Å²) >= 11 is 0. The van der Waals surface area contributed by atoms with Crippen molar-refractivity contribution in [3.8, 4) is 0 Å². The highest BCUT2D eigenvalue weighted by Crippen LogP contribution is 2.14. The predicted octanol–water partition coefficient (Wildman–Crippen LogP) is 0.846. The Bertz CT molecular complexity index is 767. The van der Waals surface area contributed by atoms with Gasteiger partial charge in [-0.05, 0) is 37.1 Å². The van der Waals surface area contributed by atoms with Crippen LogP contribution in [-0.4, -0.2) is 26.9 Å². The number of benzene rings is 1. The fourth-order valence-electron chi connectivity index (χ4n) is 2.36. The first-order valence-corrected chi connectivity index (χ1v) is 7.33. The van der Waals surface area contributed by atoms with Crippen molar-refractivity contribution in [3.63, 3.8) is 0 Å². The summed E-state index contributed by atoms with van der Waals surface area (Å²) in [4.78, 5) is 23.3. The van der Waals surface area contributed by atoms with Crippen molar-refractivity contribution >= 4 is 17.6 Å². The number of carbonyl (C=O) groups is 2. The molecule has 1 aromatic carbocycles. The van der Waals surface area contributed by atoms with Crippen LogP contribution in [0.4, 0.5) is 10.5 Å². The molecule has 0 aliphatic carbocycles. The standard InChI is InChI=1S/C15H18N6O2/c1-9-3-4-11(5-10(9)2)18-15(23)17-6-12-13-7-16-14(22)8-21(13)20-19-12/h3-5H,6-8H2,1-2H3,(H,16,22)(H2,17,18,23). The van der Waals surface area contributed by atoms with Gasteiger partial charge in [0.15, 0.2) is 0 Å². The molecule has 1 aliphatic rings. The number of rotatable bonds is 3. The number of aromatic nitrogens is 3. The minimum absolute atomic E-state index is 0.0885. The second kappa shape index (κ2) is 6.07. The van der Waals surface area contributed by atoms with E-state index in [0.717, 1.165) is 16.9 Å². The van der Waals surface area contributed by atoms with Crippen molar-refractivity contribution in [1.82, 2.24) is 25.6 Å². The summed E-state index contributed by atoms with van der Waals surface area (Å²) in [6.45, 7) is 4.81. The van der Waals surface area contributed by atoms with E-state index in [2.05, 4.69) is 26.3 Å². The van der Waals surface area contributed by atoms with E-state index in [1.165, 1.54) is 5.56 Å². The quantitative estimate of drug-likeness (QED) is 0.781. The molecule has 0 atom stereocenters. The van der Waals surface area contributed by atoms with Crippen LogP contribution < -0.4 is 16.0 Å². The molecular weight excluding hydrogens is 296 g/mol.